The standard InChI is InChI=1S/C16H17NO3/c1-18-14-9-8-13(10-15(14)19-2)11-4-6-12(7-5-11)16(17)20-3/h4-10,17H,1-3H3. The molecule has 1 N–H and O–H groups in total. The summed E-state index contributed by atoms with van der Waals surface area (Å²) in [6.07, 6.45) is 0. The van der Waals surface area contributed by atoms with Crippen LogP contribution < -0.4 is 9.47 Å². The van der Waals surface area contributed by atoms with Gasteiger partial charge in [-0.3, -0.25) is 5.41 Å². The van der Waals surface area contributed by atoms with Crippen molar-refractivity contribution in [2.24, 2.45) is 0 Å². The van der Waals surface area contributed by atoms with Crippen LogP contribution in [-0.2, 0) is 4.74 Å². The zero-order chi connectivity index (χ0) is 14.5. The number of hydrogen-bond donors (Lipinski definition) is 1. The van der Waals surface area contributed by atoms with Crippen molar-refractivity contribution in [2.45, 2.75) is 0 Å². The molecule has 2 rings (SSSR count). The Balaban J connectivity index is 2.34. The highest BCUT2D eigenvalue weighted by molar-refractivity contribution is 5.92. The highest BCUT2D eigenvalue weighted by Crippen LogP contribution is 2.32. The fourth-order valence-corrected chi connectivity index (χ4v) is 1.95. The van der Waals surface area contributed by atoms with E-state index in [9.17, 15) is 0 Å². The van der Waals surface area contributed by atoms with E-state index in [1.54, 1.807) is 14.2 Å². The number of rotatable bonds is 4. The van der Waals surface area contributed by atoms with Crippen LogP contribution in [0.2, 0.25) is 0 Å². The van der Waals surface area contributed by atoms with E-state index in [4.69, 9.17) is 19.6 Å². The minimum absolute atomic E-state index is 0.156. The molecule has 4 nitrogen and oxygen atoms in total. The predicted molar refractivity (Wildman–Crippen MR) is 78.8 cm³/mol. The minimum atomic E-state index is 0.156. The molecule has 0 heterocycles. The van der Waals surface area contributed by atoms with Gasteiger partial charge in [-0.25, -0.2) is 0 Å². The number of benzene rings is 2. The first-order valence-corrected chi connectivity index (χ1v) is 6.15. The number of hydrogen-bond acceptors (Lipinski definition) is 4. The van der Waals surface area contributed by atoms with Crippen LogP contribution in [-0.4, -0.2) is 27.2 Å². The van der Waals surface area contributed by atoms with Crippen molar-refractivity contribution in [3.63, 3.8) is 0 Å². The van der Waals surface area contributed by atoms with E-state index < -0.39 is 0 Å². The Kier molecular flexibility index (Phi) is 4.25. The lowest BCUT2D eigenvalue weighted by Gasteiger charge is -2.10. The van der Waals surface area contributed by atoms with Crippen molar-refractivity contribution in [3.05, 3.63) is 48.0 Å². The molecule has 20 heavy (non-hydrogen) atoms. The Labute approximate surface area is 118 Å². The Morgan fingerprint density at radius 2 is 1.40 bits per heavy atom. The molecule has 0 aliphatic carbocycles. The number of ether oxygens (including phenoxy) is 3. The maximum absolute atomic E-state index is 7.61. The van der Waals surface area contributed by atoms with Crippen LogP contribution in [0.3, 0.4) is 0 Å². The summed E-state index contributed by atoms with van der Waals surface area (Å²) in [4.78, 5) is 0. The van der Waals surface area contributed by atoms with E-state index in [0.29, 0.717) is 11.5 Å². The van der Waals surface area contributed by atoms with Crippen LogP contribution in [0, 0.1) is 5.41 Å². The van der Waals surface area contributed by atoms with Gasteiger partial charge in [0.1, 0.15) is 0 Å². The van der Waals surface area contributed by atoms with Gasteiger partial charge in [-0.05, 0) is 35.4 Å². The summed E-state index contributed by atoms with van der Waals surface area (Å²) in [5, 5.41) is 7.61. The monoisotopic (exact) mass is 271 g/mol. The fraction of sp³-hybridized carbons (Fsp3) is 0.188. The Morgan fingerprint density at radius 3 is 1.95 bits per heavy atom. The fourth-order valence-electron chi connectivity index (χ4n) is 1.95. The van der Waals surface area contributed by atoms with Crippen molar-refractivity contribution in [1.82, 2.24) is 0 Å². The molecule has 0 radical (unpaired) electrons. The van der Waals surface area contributed by atoms with Crippen LogP contribution in [0.4, 0.5) is 0 Å². The zero-order valence-electron chi connectivity index (χ0n) is 11.8. The summed E-state index contributed by atoms with van der Waals surface area (Å²) < 4.78 is 15.4. The molecule has 2 aromatic rings. The molecule has 104 valence electrons. The van der Waals surface area contributed by atoms with Gasteiger partial charge in [0.2, 0.25) is 5.90 Å². The van der Waals surface area contributed by atoms with E-state index in [-0.39, 0.29) is 5.90 Å². The molecule has 0 saturated heterocycles. The largest absolute Gasteiger partial charge is 0.493 e. The van der Waals surface area contributed by atoms with Crippen molar-refractivity contribution >= 4 is 5.90 Å². The van der Waals surface area contributed by atoms with Crippen LogP contribution >= 0.6 is 0 Å². The lowest BCUT2D eigenvalue weighted by molar-refractivity contribution is 0.355. The SMILES string of the molecule is COC(=N)c1ccc(-c2ccc(OC)c(OC)c2)cc1. The molecule has 0 aliphatic rings. The first-order valence-electron chi connectivity index (χ1n) is 6.15. The van der Waals surface area contributed by atoms with Crippen molar-refractivity contribution in [1.29, 1.82) is 5.41 Å². The summed E-state index contributed by atoms with van der Waals surface area (Å²) in [6.45, 7) is 0. The molecule has 0 saturated carbocycles. The van der Waals surface area contributed by atoms with Gasteiger partial charge in [0.05, 0.1) is 21.3 Å². The zero-order valence-corrected chi connectivity index (χ0v) is 11.8. The molecule has 0 bridgehead atoms. The summed E-state index contributed by atoms with van der Waals surface area (Å²) in [5.41, 5.74) is 2.81. The van der Waals surface area contributed by atoms with E-state index in [0.717, 1.165) is 16.7 Å². The molecule has 0 atom stereocenters. The molecule has 0 amide bonds. The summed E-state index contributed by atoms with van der Waals surface area (Å²) in [6, 6.07) is 13.4. The van der Waals surface area contributed by atoms with Gasteiger partial charge in [0.25, 0.3) is 0 Å². The highest BCUT2D eigenvalue weighted by atomic mass is 16.5. The summed E-state index contributed by atoms with van der Waals surface area (Å²) in [7, 11) is 4.72. The second-order valence-corrected chi connectivity index (χ2v) is 4.18. The van der Waals surface area contributed by atoms with Gasteiger partial charge >= 0.3 is 0 Å². The van der Waals surface area contributed by atoms with E-state index in [1.807, 2.05) is 42.5 Å². The third-order valence-corrected chi connectivity index (χ3v) is 3.07. The van der Waals surface area contributed by atoms with E-state index in [1.165, 1.54) is 7.11 Å². The van der Waals surface area contributed by atoms with Gasteiger partial charge in [0, 0.05) is 5.56 Å². The van der Waals surface area contributed by atoms with Crippen molar-refractivity contribution < 1.29 is 14.2 Å². The quantitative estimate of drug-likeness (QED) is 0.685. The summed E-state index contributed by atoms with van der Waals surface area (Å²) in [5.74, 6) is 1.55. The third kappa shape index (κ3) is 2.74. The highest BCUT2D eigenvalue weighted by Gasteiger charge is 2.07. The smallest absolute Gasteiger partial charge is 0.212 e. The average molecular weight is 271 g/mol. The molecular weight excluding hydrogens is 254 g/mol. The maximum atomic E-state index is 7.61. The van der Waals surface area contributed by atoms with Gasteiger partial charge in [-0.2, -0.15) is 0 Å². The summed E-state index contributed by atoms with van der Waals surface area (Å²) >= 11 is 0. The van der Waals surface area contributed by atoms with Gasteiger partial charge in [-0.15, -0.1) is 0 Å². The van der Waals surface area contributed by atoms with Gasteiger partial charge in [0.15, 0.2) is 11.5 Å². The Morgan fingerprint density at radius 1 is 0.800 bits per heavy atom. The lowest BCUT2D eigenvalue weighted by Crippen LogP contribution is -2.00. The van der Waals surface area contributed by atoms with E-state index >= 15 is 0 Å². The van der Waals surface area contributed by atoms with Crippen LogP contribution in [0.5, 0.6) is 11.5 Å². The van der Waals surface area contributed by atoms with Crippen LogP contribution in [0.15, 0.2) is 42.5 Å². The molecular formula is C16H17NO3. The van der Waals surface area contributed by atoms with Gasteiger partial charge < -0.3 is 14.2 Å². The first kappa shape index (κ1) is 13.9. The molecule has 0 unspecified atom stereocenters. The molecule has 0 spiro atoms. The van der Waals surface area contributed by atoms with E-state index in [2.05, 4.69) is 0 Å². The maximum Gasteiger partial charge on any atom is 0.212 e. The number of nitrogens with one attached hydrogen (secondary N) is 1. The minimum Gasteiger partial charge on any atom is -0.493 e. The number of methoxy groups -OCH3 is 3. The molecule has 4 heteroatoms. The predicted octanol–water partition coefficient (Wildman–Crippen LogP) is 3.34. The molecule has 0 fully saturated rings. The van der Waals surface area contributed by atoms with Crippen molar-refractivity contribution in [3.8, 4) is 22.6 Å². The first-order chi connectivity index (χ1) is 9.69. The molecule has 0 aromatic heterocycles. The molecule has 0 aliphatic heterocycles. The Bertz CT molecular complexity index is 606. The van der Waals surface area contributed by atoms with Gasteiger partial charge in [-0.1, -0.05) is 18.2 Å². The second kappa shape index (κ2) is 6.10. The normalized spacial score (nSPS) is 9.95. The van der Waals surface area contributed by atoms with Crippen molar-refractivity contribution in [2.75, 3.05) is 21.3 Å². The lowest BCUT2D eigenvalue weighted by atomic mass is 10.0. The second-order valence-electron chi connectivity index (χ2n) is 4.18. The Hall–Kier alpha value is -2.49. The van der Waals surface area contributed by atoms with Crippen LogP contribution in [0.25, 0.3) is 11.1 Å². The topological polar surface area (TPSA) is 51.5 Å². The molecule has 2 aromatic carbocycles. The third-order valence-electron chi connectivity index (χ3n) is 3.07. The van der Waals surface area contributed by atoms with Crippen LogP contribution in [0.1, 0.15) is 5.56 Å². The average Bonchev–Trinajstić information content (AvgIpc) is 2.53.